The fourth-order valence-corrected chi connectivity index (χ4v) is 5.30. The Morgan fingerprint density at radius 1 is 1.11 bits per heavy atom. The van der Waals surface area contributed by atoms with Gasteiger partial charge in [-0.15, -0.1) is 0 Å². The molecule has 28 heavy (non-hydrogen) atoms. The van der Waals surface area contributed by atoms with Crippen LogP contribution in [-0.4, -0.2) is 87.0 Å². The molecule has 0 N–H and O–H groups in total. The maximum absolute atomic E-state index is 12.4. The zero-order valence-corrected chi connectivity index (χ0v) is 16.8. The molecule has 2 aliphatic heterocycles. The highest BCUT2D eigenvalue weighted by Gasteiger charge is 2.34. The molecular formula is C19H26N2O6S. The predicted molar refractivity (Wildman–Crippen MR) is 103 cm³/mol. The van der Waals surface area contributed by atoms with Gasteiger partial charge in [-0.3, -0.25) is 9.69 Å². The quantitative estimate of drug-likeness (QED) is 0.633. The lowest BCUT2D eigenvalue weighted by atomic mass is 10.2. The summed E-state index contributed by atoms with van der Waals surface area (Å²) in [6.45, 7) is 4.49. The monoisotopic (exact) mass is 410 g/mol. The van der Waals surface area contributed by atoms with Crippen LogP contribution in [0.4, 0.5) is 0 Å². The highest BCUT2D eigenvalue weighted by molar-refractivity contribution is 7.91. The number of esters is 1. The molecule has 1 atom stereocenters. The number of piperazine rings is 1. The molecule has 3 rings (SSSR count). The van der Waals surface area contributed by atoms with Crippen molar-refractivity contribution in [3.8, 4) is 5.75 Å². The summed E-state index contributed by atoms with van der Waals surface area (Å²) >= 11 is 0. The third-order valence-electron chi connectivity index (χ3n) is 5.12. The number of hydrogen-bond donors (Lipinski definition) is 0. The van der Waals surface area contributed by atoms with Gasteiger partial charge in [-0.2, -0.15) is 0 Å². The molecule has 2 heterocycles. The van der Waals surface area contributed by atoms with Crippen LogP contribution < -0.4 is 4.74 Å². The van der Waals surface area contributed by atoms with Crippen molar-refractivity contribution in [2.45, 2.75) is 19.4 Å². The summed E-state index contributed by atoms with van der Waals surface area (Å²) in [5.74, 6) is 0.508. The molecule has 0 bridgehead atoms. The summed E-state index contributed by atoms with van der Waals surface area (Å²) in [4.78, 5) is 27.9. The summed E-state index contributed by atoms with van der Waals surface area (Å²) in [6.07, 6.45) is 0.682. The Hall–Kier alpha value is -2.13. The minimum absolute atomic E-state index is 0.0729. The van der Waals surface area contributed by atoms with E-state index in [0.29, 0.717) is 50.5 Å². The lowest BCUT2D eigenvalue weighted by Gasteiger charge is -2.37. The largest absolute Gasteiger partial charge is 0.484 e. The van der Waals surface area contributed by atoms with Gasteiger partial charge in [0.05, 0.1) is 23.7 Å². The van der Waals surface area contributed by atoms with Crippen LogP contribution in [0.2, 0.25) is 0 Å². The van der Waals surface area contributed by atoms with Crippen molar-refractivity contribution in [3.63, 3.8) is 0 Å². The molecular weight excluding hydrogens is 384 g/mol. The zero-order chi connectivity index (χ0) is 20.1. The topological polar surface area (TPSA) is 93.2 Å². The van der Waals surface area contributed by atoms with Gasteiger partial charge in [0.25, 0.3) is 5.91 Å². The summed E-state index contributed by atoms with van der Waals surface area (Å²) in [7, 11) is -2.90. The Labute approximate surface area is 165 Å². The number of rotatable bonds is 6. The molecule has 1 aromatic carbocycles. The van der Waals surface area contributed by atoms with Gasteiger partial charge in [-0.1, -0.05) is 0 Å². The second-order valence-electron chi connectivity index (χ2n) is 7.01. The average molecular weight is 410 g/mol. The SMILES string of the molecule is CCOC(=O)c1ccc(OCC(=O)N2CCN(C3CCS(=O)(=O)C3)CC2)cc1. The van der Waals surface area contributed by atoms with E-state index in [1.54, 1.807) is 36.1 Å². The van der Waals surface area contributed by atoms with Crippen molar-refractivity contribution < 1.29 is 27.5 Å². The highest BCUT2D eigenvalue weighted by atomic mass is 32.2. The molecule has 9 heteroatoms. The Kier molecular flexibility index (Phi) is 6.56. The lowest BCUT2D eigenvalue weighted by molar-refractivity contribution is -0.135. The van der Waals surface area contributed by atoms with Crippen LogP contribution >= 0.6 is 0 Å². The minimum atomic E-state index is -2.90. The van der Waals surface area contributed by atoms with Gasteiger partial charge in [0.1, 0.15) is 5.75 Å². The number of benzene rings is 1. The molecule has 8 nitrogen and oxygen atoms in total. The van der Waals surface area contributed by atoms with Crippen LogP contribution in [0, 0.1) is 0 Å². The third-order valence-corrected chi connectivity index (χ3v) is 6.87. The molecule has 1 aromatic rings. The number of ether oxygens (including phenoxy) is 2. The van der Waals surface area contributed by atoms with E-state index in [1.165, 1.54) is 0 Å². The average Bonchev–Trinajstić information content (AvgIpc) is 3.06. The van der Waals surface area contributed by atoms with Crippen molar-refractivity contribution in [2.75, 3.05) is 50.9 Å². The Balaban J connectivity index is 1.43. The Morgan fingerprint density at radius 2 is 1.79 bits per heavy atom. The standard InChI is InChI=1S/C19H26N2O6S/c1-2-26-19(23)15-3-5-17(6-4-15)27-13-18(22)21-10-8-20(9-11-21)16-7-12-28(24,25)14-16/h3-6,16H,2,7-14H2,1H3. The van der Waals surface area contributed by atoms with Gasteiger partial charge in [0.2, 0.25) is 0 Å². The van der Waals surface area contributed by atoms with Crippen molar-refractivity contribution in [1.82, 2.24) is 9.80 Å². The molecule has 154 valence electrons. The van der Waals surface area contributed by atoms with Crippen LogP contribution in [0.3, 0.4) is 0 Å². The maximum Gasteiger partial charge on any atom is 0.338 e. The number of sulfone groups is 1. The van der Waals surface area contributed by atoms with E-state index in [9.17, 15) is 18.0 Å². The van der Waals surface area contributed by atoms with Gasteiger partial charge in [-0.05, 0) is 37.6 Å². The number of carbonyl (C=O) groups excluding carboxylic acids is 2. The van der Waals surface area contributed by atoms with Crippen molar-refractivity contribution in [1.29, 1.82) is 0 Å². The van der Waals surface area contributed by atoms with E-state index in [-0.39, 0.29) is 30.1 Å². The first-order chi connectivity index (χ1) is 13.4. The number of carbonyl (C=O) groups is 2. The smallest absolute Gasteiger partial charge is 0.338 e. The second-order valence-corrected chi connectivity index (χ2v) is 9.24. The molecule has 2 saturated heterocycles. The first-order valence-electron chi connectivity index (χ1n) is 9.50. The molecule has 0 spiro atoms. The Bertz CT molecular complexity index is 800. The minimum Gasteiger partial charge on any atom is -0.484 e. The molecule has 2 fully saturated rings. The van der Waals surface area contributed by atoms with Crippen LogP contribution in [-0.2, 0) is 19.4 Å². The first-order valence-corrected chi connectivity index (χ1v) is 11.3. The van der Waals surface area contributed by atoms with Crippen molar-refractivity contribution in [2.24, 2.45) is 0 Å². The third kappa shape index (κ3) is 5.23. The van der Waals surface area contributed by atoms with Crippen molar-refractivity contribution in [3.05, 3.63) is 29.8 Å². The number of hydrogen-bond acceptors (Lipinski definition) is 7. The summed E-state index contributed by atoms with van der Waals surface area (Å²) in [5, 5.41) is 0. The number of nitrogens with zero attached hydrogens (tertiary/aromatic N) is 2. The normalized spacial score (nSPS) is 22.0. The van der Waals surface area contributed by atoms with Crippen LogP contribution in [0.5, 0.6) is 5.75 Å². The van der Waals surface area contributed by atoms with Gasteiger partial charge >= 0.3 is 5.97 Å². The predicted octanol–water partition coefficient (Wildman–Crippen LogP) is 0.573. The first kappa shape index (κ1) is 20.6. The van der Waals surface area contributed by atoms with E-state index in [4.69, 9.17) is 9.47 Å². The molecule has 0 aromatic heterocycles. The second kappa shape index (κ2) is 8.91. The molecule has 1 amide bonds. The van der Waals surface area contributed by atoms with Gasteiger partial charge in [0, 0.05) is 32.2 Å². The van der Waals surface area contributed by atoms with Crippen molar-refractivity contribution >= 4 is 21.7 Å². The summed E-state index contributed by atoms with van der Waals surface area (Å²) < 4.78 is 33.7. The molecule has 2 aliphatic rings. The number of amides is 1. The van der Waals surface area contributed by atoms with E-state index in [1.807, 2.05) is 0 Å². The van der Waals surface area contributed by atoms with Gasteiger partial charge in [-0.25, -0.2) is 13.2 Å². The maximum atomic E-state index is 12.4. The molecule has 1 unspecified atom stereocenters. The van der Waals surface area contributed by atoms with E-state index in [2.05, 4.69) is 4.90 Å². The molecule has 0 aliphatic carbocycles. The zero-order valence-electron chi connectivity index (χ0n) is 16.0. The van der Waals surface area contributed by atoms with Gasteiger partial charge < -0.3 is 14.4 Å². The summed E-state index contributed by atoms with van der Waals surface area (Å²) in [5.41, 5.74) is 0.436. The highest BCUT2D eigenvalue weighted by Crippen LogP contribution is 2.19. The van der Waals surface area contributed by atoms with E-state index in [0.717, 1.165) is 0 Å². The summed E-state index contributed by atoms with van der Waals surface area (Å²) in [6, 6.07) is 6.56. The molecule has 0 saturated carbocycles. The fourth-order valence-electron chi connectivity index (χ4n) is 3.54. The van der Waals surface area contributed by atoms with Crippen LogP contribution in [0.1, 0.15) is 23.7 Å². The van der Waals surface area contributed by atoms with Crippen LogP contribution in [0.25, 0.3) is 0 Å². The van der Waals surface area contributed by atoms with Crippen LogP contribution in [0.15, 0.2) is 24.3 Å². The van der Waals surface area contributed by atoms with Gasteiger partial charge in [0.15, 0.2) is 16.4 Å². The van der Waals surface area contributed by atoms with E-state index >= 15 is 0 Å². The lowest BCUT2D eigenvalue weighted by Crippen LogP contribution is -2.53. The fraction of sp³-hybridized carbons (Fsp3) is 0.579. The Morgan fingerprint density at radius 3 is 2.36 bits per heavy atom. The molecule has 0 radical (unpaired) electrons. The van der Waals surface area contributed by atoms with E-state index < -0.39 is 15.8 Å².